The van der Waals surface area contributed by atoms with Crippen LogP contribution in [-0.2, 0) is 22.9 Å². The number of isocyanates is 3. The molecule has 0 aliphatic rings. The van der Waals surface area contributed by atoms with Crippen molar-refractivity contribution < 1.29 is 32.7 Å². The van der Waals surface area contributed by atoms with Crippen molar-refractivity contribution in [3.05, 3.63) is 30.3 Å². The summed E-state index contributed by atoms with van der Waals surface area (Å²) in [6, 6.07) is 6.56. The third kappa shape index (κ3) is 3.48. The largest absolute Gasteiger partial charge is 0.482 e. The second-order valence-electron chi connectivity index (χ2n) is 3.39. The molecule has 0 saturated carbocycles. The SMILES string of the molecule is O=C=N[SH](N=C=O)(N=C=O)(OP(=O)(O)O)c1ccccc1. The standard InChI is InChI=1S/C9H8N3O7PS/c13-6-10-21(11-7-14,12-8-15,19-20(16,17)18)9-4-2-1-3-5-9/h1-5,21H,(H2,16,17,18). The summed E-state index contributed by atoms with van der Waals surface area (Å²) in [4.78, 5) is 49.7. The lowest BCUT2D eigenvalue weighted by Gasteiger charge is -2.46. The van der Waals surface area contributed by atoms with E-state index >= 15 is 0 Å². The maximum absolute atomic E-state index is 11.2. The zero-order chi connectivity index (χ0) is 16.0. The van der Waals surface area contributed by atoms with Crippen molar-refractivity contribution in [2.75, 3.05) is 0 Å². The summed E-state index contributed by atoms with van der Waals surface area (Å²) in [5.41, 5.74) is 0. The lowest BCUT2D eigenvalue weighted by atomic mass is 10.4. The van der Waals surface area contributed by atoms with Crippen molar-refractivity contribution in [1.82, 2.24) is 0 Å². The maximum atomic E-state index is 11.2. The molecule has 12 heteroatoms. The minimum atomic E-state index is -5.51. The summed E-state index contributed by atoms with van der Waals surface area (Å²) >= 11 is 0. The molecule has 0 saturated heterocycles. The molecule has 112 valence electrons. The van der Waals surface area contributed by atoms with Crippen LogP contribution in [0.1, 0.15) is 0 Å². The molecule has 0 amide bonds. The molecule has 21 heavy (non-hydrogen) atoms. The quantitative estimate of drug-likeness (QED) is 0.302. The molecule has 1 rings (SSSR count). The van der Waals surface area contributed by atoms with Gasteiger partial charge in [-0.1, -0.05) is 18.2 Å². The number of carbonyl (C=O) groups excluding carboxylic acids is 3. The molecule has 1 aromatic rings. The van der Waals surface area contributed by atoms with Gasteiger partial charge in [0.05, 0.1) is 10.0 Å². The summed E-state index contributed by atoms with van der Waals surface area (Å²) in [5.74, 6) is 0. The van der Waals surface area contributed by atoms with Gasteiger partial charge >= 0.3 is 7.82 Å². The molecule has 0 spiro atoms. The van der Waals surface area contributed by atoms with Gasteiger partial charge in [0, 0.05) is 4.90 Å². The van der Waals surface area contributed by atoms with Gasteiger partial charge in [-0.2, -0.15) is 3.97 Å². The Hall–Kier alpha value is -2.18. The summed E-state index contributed by atoms with van der Waals surface area (Å²) in [6.45, 7) is 0. The molecular weight excluding hydrogens is 325 g/mol. The van der Waals surface area contributed by atoms with E-state index in [1.165, 1.54) is 18.2 Å². The predicted molar refractivity (Wildman–Crippen MR) is 71.2 cm³/mol. The van der Waals surface area contributed by atoms with Gasteiger partial charge in [-0.3, -0.25) is 0 Å². The Morgan fingerprint density at radius 3 is 1.71 bits per heavy atom. The Kier molecular flexibility index (Phi) is 4.88. The molecule has 0 unspecified atom stereocenters. The first-order chi connectivity index (χ1) is 9.81. The van der Waals surface area contributed by atoms with Gasteiger partial charge in [-0.25, -0.2) is 18.9 Å². The normalized spacial score (nSPS) is 12.8. The van der Waals surface area contributed by atoms with E-state index < -0.39 is 17.8 Å². The highest BCUT2D eigenvalue weighted by molar-refractivity contribution is 8.44. The van der Waals surface area contributed by atoms with E-state index in [9.17, 15) is 18.9 Å². The van der Waals surface area contributed by atoms with Crippen LogP contribution in [0.3, 0.4) is 0 Å². The van der Waals surface area contributed by atoms with Gasteiger partial charge in [0.1, 0.15) is 0 Å². The van der Waals surface area contributed by atoms with E-state index in [4.69, 9.17) is 9.79 Å². The van der Waals surface area contributed by atoms with Gasteiger partial charge < -0.3 is 9.79 Å². The molecule has 0 aliphatic carbocycles. The predicted octanol–water partition coefficient (Wildman–Crippen LogP) is 0.895. The Labute approximate surface area is 118 Å². The van der Waals surface area contributed by atoms with Crippen LogP contribution in [0, 0.1) is 0 Å². The van der Waals surface area contributed by atoms with Crippen LogP contribution in [0.4, 0.5) is 0 Å². The Balaban J connectivity index is 3.98. The third-order valence-electron chi connectivity index (χ3n) is 2.13. The highest BCUT2D eigenvalue weighted by Gasteiger charge is 2.48. The minimum absolute atomic E-state index is 0.290. The first-order valence-corrected chi connectivity index (χ1v) is 8.51. The van der Waals surface area contributed by atoms with E-state index in [1.54, 1.807) is 0 Å². The van der Waals surface area contributed by atoms with Crippen LogP contribution in [0.25, 0.3) is 0 Å². The molecular formula is C9H8N3O7PS. The van der Waals surface area contributed by atoms with Crippen molar-refractivity contribution >= 4 is 36.1 Å². The molecule has 2 N–H and O–H groups in total. The van der Waals surface area contributed by atoms with Crippen molar-refractivity contribution in [1.29, 1.82) is 0 Å². The van der Waals surface area contributed by atoms with E-state index in [2.05, 4.69) is 17.2 Å². The number of phosphoric acid groups is 1. The van der Waals surface area contributed by atoms with E-state index in [-0.39, 0.29) is 4.90 Å². The monoisotopic (exact) mass is 333 g/mol. The van der Waals surface area contributed by atoms with Crippen LogP contribution in [-0.4, -0.2) is 28.0 Å². The summed E-state index contributed by atoms with van der Waals surface area (Å²) < 4.78 is 24.8. The Morgan fingerprint density at radius 1 is 0.952 bits per heavy atom. The van der Waals surface area contributed by atoms with Gasteiger partial charge in [-0.15, -0.1) is 13.2 Å². The van der Waals surface area contributed by atoms with E-state index in [1.807, 2.05) is 0 Å². The molecule has 1 aromatic carbocycles. The van der Waals surface area contributed by atoms with E-state index in [0.29, 0.717) is 0 Å². The summed E-state index contributed by atoms with van der Waals surface area (Å²) in [5, 5.41) is 0. The second-order valence-corrected chi connectivity index (χ2v) is 7.95. The highest BCUT2D eigenvalue weighted by atomic mass is 32.3. The van der Waals surface area contributed by atoms with E-state index in [0.717, 1.165) is 30.4 Å². The Morgan fingerprint density at radius 2 is 1.38 bits per heavy atom. The first-order valence-electron chi connectivity index (χ1n) is 4.97. The third-order valence-corrected chi connectivity index (χ3v) is 6.71. The van der Waals surface area contributed by atoms with Crippen LogP contribution >= 0.6 is 17.8 Å². The molecule has 10 nitrogen and oxygen atoms in total. The molecule has 0 bridgehead atoms. The second kappa shape index (κ2) is 6.07. The summed E-state index contributed by atoms with van der Waals surface area (Å²) in [6.07, 6.45) is 2.88. The summed E-state index contributed by atoms with van der Waals surface area (Å²) in [7, 11) is -10.9. The fourth-order valence-electron chi connectivity index (χ4n) is 1.45. The number of hydrogen-bond acceptors (Lipinski definition) is 8. The number of rotatable bonds is 6. The fraction of sp³-hybridized carbons (Fsp3) is 0. The minimum Gasteiger partial charge on any atom is -0.302 e. The maximum Gasteiger partial charge on any atom is 0.482 e. The number of benzene rings is 1. The van der Waals surface area contributed by atoms with Crippen molar-refractivity contribution in [3.8, 4) is 0 Å². The van der Waals surface area contributed by atoms with Gasteiger partial charge in [0.15, 0.2) is 0 Å². The Bertz CT molecular complexity index is 681. The van der Waals surface area contributed by atoms with Crippen LogP contribution in [0.15, 0.2) is 48.4 Å². The van der Waals surface area contributed by atoms with Crippen LogP contribution in [0.2, 0.25) is 0 Å². The van der Waals surface area contributed by atoms with Crippen molar-refractivity contribution in [2.24, 2.45) is 13.2 Å². The van der Waals surface area contributed by atoms with Crippen LogP contribution < -0.4 is 0 Å². The van der Waals surface area contributed by atoms with Gasteiger partial charge in [0.25, 0.3) is 0 Å². The van der Waals surface area contributed by atoms with Crippen molar-refractivity contribution in [2.45, 2.75) is 4.90 Å². The number of thiol groups is 1. The topological polar surface area (TPSA) is 155 Å². The fourth-order valence-corrected chi connectivity index (χ4v) is 5.45. The zero-order valence-corrected chi connectivity index (χ0v) is 11.8. The zero-order valence-electron chi connectivity index (χ0n) is 10.1. The smallest absolute Gasteiger partial charge is 0.302 e. The molecule has 0 radical (unpaired) electrons. The average molecular weight is 333 g/mol. The number of hydrogen-bond donors (Lipinski definition) is 3. The molecule has 0 heterocycles. The molecule has 0 aliphatic heterocycles. The molecule has 0 fully saturated rings. The average Bonchev–Trinajstić information content (AvgIpc) is 2.39. The lowest BCUT2D eigenvalue weighted by Crippen LogP contribution is -2.14. The number of nitrogens with zero attached hydrogens (tertiary/aromatic N) is 3. The van der Waals surface area contributed by atoms with Crippen molar-refractivity contribution in [3.63, 3.8) is 0 Å². The lowest BCUT2D eigenvalue weighted by molar-refractivity contribution is 0.291. The van der Waals surface area contributed by atoms with Gasteiger partial charge in [-0.05, 0) is 12.1 Å². The van der Waals surface area contributed by atoms with Gasteiger partial charge in [0.2, 0.25) is 18.2 Å². The first kappa shape index (κ1) is 16.9. The molecule has 0 aromatic heterocycles. The molecule has 0 atom stereocenters. The highest BCUT2D eigenvalue weighted by Crippen LogP contribution is 2.84. The van der Waals surface area contributed by atoms with Crippen LogP contribution in [0.5, 0.6) is 0 Å².